The van der Waals surface area contributed by atoms with Gasteiger partial charge in [-0.05, 0) is 85.8 Å². The number of carboxylic acid groups (broad SMARTS) is 1. The highest BCUT2D eigenvalue weighted by molar-refractivity contribution is 6.02. The smallest absolute Gasteiger partial charge is 0.326 e. The van der Waals surface area contributed by atoms with E-state index in [-0.39, 0.29) is 5.91 Å². The number of hydrogen-bond donors (Lipinski definition) is 2. The lowest BCUT2D eigenvalue weighted by Gasteiger charge is -2.36. The Morgan fingerprint density at radius 2 is 1.76 bits per heavy atom. The van der Waals surface area contributed by atoms with Crippen molar-refractivity contribution < 1.29 is 14.7 Å². The van der Waals surface area contributed by atoms with Gasteiger partial charge >= 0.3 is 5.97 Å². The van der Waals surface area contributed by atoms with Gasteiger partial charge in [-0.2, -0.15) is 0 Å². The number of nitrogens with zero attached hydrogens (tertiary/aromatic N) is 1. The summed E-state index contributed by atoms with van der Waals surface area (Å²) in [6, 6.07) is 14.2. The Bertz CT molecular complexity index is 1140. The number of nitrogens with one attached hydrogen (secondary N) is 1. The molecule has 5 rings (SSSR count). The van der Waals surface area contributed by atoms with Crippen molar-refractivity contribution in [2.45, 2.75) is 115 Å². The third kappa shape index (κ3) is 6.14. The summed E-state index contributed by atoms with van der Waals surface area (Å²) in [7, 11) is 0. The van der Waals surface area contributed by atoms with Gasteiger partial charge in [0.25, 0.3) is 5.91 Å². The van der Waals surface area contributed by atoms with Crippen molar-refractivity contribution in [2.75, 3.05) is 0 Å². The molecule has 1 amide bonds. The van der Waals surface area contributed by atoms with Gasteiger partial charge in [-0.3, -0.25) is 9.69 Å². The molecule has 38 heavy (non-hydrogen) atoms. The molecule has 0 bridgehead atoms. The topological polar surface area (TPSA) is 69.6 Å². The van der Waals surface area contributed by atoms with Crippen LogP contribution >= 0.6 is 0 Å². The predicted molar refractivity (Wildman–Crippen MR) is 152 cm³/mol. The van der Waals surface area contributed by atoms with E-state index in [2.05, 4.69) is 41.4 Å². The number of rotatable bonds is 12. The number of hydrogen-bond acceptors (Lipinski definition) is 3. The van der Waals surface area contributed by atoms with E-state index >= 15 is 0 Å². The van der Waals surface area contributed by atoms with E-state index in [0.717, 1.165) is 29.2 Å². The molecule has 0 aliphatic heterocycles. The Hall–Kier alpha value is -2.66. The Morgan fingerprint density at radius 3 is 2.39 bits per heavy atom. The lowest BCUT2D eigenvalue weighted by atomic mass is 9.83. The molecular weight excluding hydrogens is 472 g/mol. The molecule has 1 atom stereocenters. The van der Waals surface area contributed by atoms with Crippen molar-refractivity contribution in [3.8, 4) is 11.1 Å². The first-order chi connectivity index (χ1) is 18.4. The van der Waals surface area contributed by atoms with E-state index in [1.54, 1.807) is 0 Å². The monoisotopic (exact) mass is 516 g/mol. The summed E-state index contributed by atoms with van der Waals surface area (Å²) >= 11 is 0. The number of carbonyl (C=O) groups excluding carboxylic acids is 1. The number of aryl methyl sites for hydroxylation is 1. The van der Waals surface area contributed by atoms with Gasteiger partial charge in [-0.25, -0.2) is 4.79 Å². The fraction of sp³-hybridized carbons (Fsp3) is 0.576. The first kappa shape index (κ1) is 26.9. The molecule has 5 heteroatoms. The van der Waals surface area contributed by atoms with Gasteiger partial charge in [0.15, 0.2) is 0 Å². The highest BCUT2D eigenvalue weighted by atomic mass is 16.4. The Morgan fingerprint density at radius 1 is 1.03 bits per heavy atom. The average Bonchev–Trinajstić information content (AvgIpc) is 3.85. The van der Waals surface area contributed by atoms with Crippen molar-refractivity contribution in [3.63, 3.8) is 0 Å². The van der Waals surface area contributed by atoms with Crippen molar-refractivity contribution >= 4 is 11.9 Å². The predicted octanol–water partition coefficient (Wildman–Crippen LogP) is 7.11. The zero-order valence-electron chi connectivity index (χ0n) is 23.2. The second-order valence-electron chi connectivity index (χ2n) is 12.1. The number of aliphatic carboxylic acids is 1. The van der Waals surface area contributed by atoms with Crippen LogP contribution < -0.4 is 5.32 Å². The van der Waals surface area contributed by atoms with E-state index in [9.17, 15) is 14.7 Å². The molecule has 0 heterocycles. The number of carbonyl (C=O) groups is 2. The number of benzene rings is 2. The van der Waals surface area contributed by atoms with Gasteiger partial charge in [0, 0.05) is 23.7 Å². The Labute approximate surface area is 228 Å². The van der Waals surface area contributed by atoms with E-state index in [1.807, 2.05) is 25.1 Å². The first-order valence-corrected chi connectivity index (χ1v) is 14.9. The van der Waals surface area contributed by atoms with Crippen molar-refractivity contribution in [1.82, 2.24) is 10.2 Å². The quantitative estimate of drug-likeness (QED) is 0.315. The molecule has 2 aromatic carbocycles. The molecule has 3 aliphatic carbocycles. The lowest BCUT2D eigenvalue weighted by molar-refractivity contribution is -0.139. The third-order valence-corrected chi connectivity index (χ3v) is 9.11. The van der Waals surface area contributed by atoms with Crippen LogP contribution in [0.4, 0.5) is 0 Å². The van der Waals surface area contributed by atoms with Crippen LogP contribution in [0.25, 0.3) is 11.1 Å². The second kappa shape index (κ2) is 11.6. The van der Waals surface area contributed by atoms with Crippen LogP contribution in [0.5, 0.6) is 0 Å². The molecule has 0 spiro atoms. The molecule has 3 saturated carbocycles. The largest absolute Gasteiger partial charge is 0.480 e. The molecule has 0 radical (unpaired) electrons. The van der Waals surface area contributed by atoms with Crippen LogP contribution in [-0.2, 0) is 11.3 Å². The fourth-order valence-corrected chi connectivity index (χ4v) is 6.72. The van der Waals surface area contributed by atoms with E-state index < -0.39 is 12.0 Å². The van der Waals surface area contributed by atoms with Gasteiger partial charge in [0.1, 0.15) is 6.04 Å². The van der Waals surface area contributed by atoms with Crippen LogP contribution in [0.1, 0.15) is 105 Å². The average molecular weight is 517 g/mol. The maximum atomic E-state index is 13.4. The number of carboxylic acids is 1. The van der Waals surface area contributed by atoms with Crippen LogP contribution in [0.15, 0.2) is 42.5 Å². The normalized spacial score (nSPS) is 19.8. The minimum atomic E-state index is -0.984. The van der Waals surface area contributed by atoms with Crippen molar-refractivity contribution in [1.29, 1.82) is 0 Å². The van der Waals surface area contributed by atoms with Gasteiger partial charge in [0.05, 0.1) is 0 Å². The molecule has 3 fully saturated rings. The molecule has 0 unspecified atom stereocenters. The molecule has 0 saturated heterocycles. The van der Waals surface area contributed by atoms with Gasteiger partial charge < -0.3 is 10.4 Å². The summed E-state index contributed by atoms with van der Waals surface area (Å²) in [4.78, 5) is 27.9. The van der Waals surface area contributed by atoms with Crippen molar-refractivity contribution in [3.05, 3.63) is 59.2 Å². The Kier molecular flexibility index (Phi) is 8.23. The van der Waals surface area contributed by atoms with Gasteiger partial charge in [-0.15, -0.1) is 0 Å². The minimum Gasteiger partial charge on any atom is -0.480 e. The van der Waals surface area contributed by atoms with Crippen LogP contribution in [0.3, 0.4) is 0 Å². The standard InChI is InChI=1S/C33H44N2O3/c1-3-9-30(32(37)38)34-31(36)28-17-14-25(20-29(28)27-13-8-7-10-23(27)2)22-35(26-15-16-26)33(18-19-33)21-24-11-5-4-6-12-24/h7-8,10,13-14,17,20,24,26,30H,3-6,9,11-12,15-16,18-19,21-22H2,1-2H3,(H,34,36)(H,37,38)/t30-/m0/s1. The first-order valence-electron chi connectivity index (χ1n) is 14.9. The summed E-state index contributed by atoms with van der Waals surface area (Å²) in [5.41, 5.74) is 5.19. The SMILES string of the molecule is CCC[C@H](NC(=O)c1ccc(CN(C2CC2)C2(CC3CCCCC3)CC2)cc1-c1ccccc1C)C(=O)O. The molecule has 204 valence electrons. The maximum Gasteiger partial charge on any atom is 0.326 e. The summed E-state index contributed by atoms with van der Waals surface area (Å²) in [6.45, 7) is 4.93. The fourth-order valence-electron chi connectivity index (χ4n) is 6.72. The summed E-state index contributed by atoms with van der Waals surface area (Å²) < 4.78 is 0. The van der Waals surface area contributed by atoms with Crippen LogP contribution in [0.2, 0.25) is 0 Å². The summed E-state index contributed by atoms with van der Waals surface area (Å²) in [6.07, 6.45) is 14.7. The van der Waals surface area contributed by atoms with E-state index in [0.29, 0.717) is 30.0 Å². The molecule has 2 aromatic rings. The second-order valence-corrected chi connectivity index (χ2v) is 12.1. The molecule has 2 N–H and O–H groups in total. The maximum absolute atomic E-state index is 13.4. The molecular formula is C33H44N2O3. The van der Waals surface area contributed by atoms with Gasteiger partial charge in [0.2, 0.25) is 0 Å². The van der Waals surface area contributed by atoms with Crippen LogP contribution in [-0.4, -0.2) is 39.5 Å². The number of amides is 1. The Balaban J connectivity index is 1.42. The molecule has 5 nitrogen and oxygen atoms in total. The summed E-state index contributed by atoms with van der Waals surface area (Å²) in [5.74, 6) is -0.417. The lowest BCUT2D eigenvalue weighted by Crippen LogP contribution is -2.41. The third-order valence-electron chi connectivity index (χ3n) is 9.11. The highest BCUT2D eigenvalue weighted by Crippen LogP contribution is 2.53. The zero-order chi connectivity index (χ0) is 26.7. The minimum absolute atomic E-state index is 0.314. The van der Waals surface area contributed by atoms with E-state index in [1.165, 1.54) is 69.8 Å². The van der Waals surface area contributed by atoms with Gasteiger partial charge in [-0.1, -0.05) is 75.8 Å². The molecule has 0 aromatic heterocycles. The van der Waals surface area contributed by atoms with Crippen LogP contribution in [0, 0.1) is 12.8 Å². The van der Waals surface area contributed by atoms with E-state index in [4.69, 9.17) is 0 Å². The van der Waals surface area contributed by atoms with Crippen molar-refractivity contribution in [2.24, 2.45) is 5.92 Å². The summed E-state index contributed by atoms with van der Waals surface area (Å²) in [5, 5.41) is 12.4. The molecule has 3 aliphatic rings. The highest BCUT2D eigenvalue weighted by Gasteiger charge is 2.53. The zero-order valence-corrected chi connectivity index (χ0v) is 23.2.